The molecule has 0 spiro atoms. The summed E-state index contributed by atoms with van der Waals surface area (Å²) in [5.74, 6) is -0.604. The van der Waals surface area contributed by atoms with Crippen molar-refractivity contribution in [2.45, 2.75) is 94.0 Å². The highest BCUT2D eigenvalue weighted by atomic mass is 79.9. The minimum atomic E-state index is -1.17. The first kappa shape index (κ1) is 31.7. The molecule has 10 atom stereocenters. The first-order valence-electron chi connectivity index (χ1n) is 13.5. The van der Waals surface area contributed by atoms with E-state index in [4.69, 9.17) is 28.4 Å². The Labute approximate surface area is 251 Å². The molecule has 42 heavy (non-hydrogen) atoms. The second kappa shape index (κ2) is 15.3. The summed E-state index contributed by atoms with van der Waals surface area (Å²) in [4.78, 5) is 18.3. The van der Waals surface area contributed by atoms with Crippen LogP contribution >= 0.6 is 15.9 Å². The molecule has 13 nitrogen and oxygen atoms in total. The quantitative estimate of drug-likeness (QED) is 0.0990. The van der Waals surface area contributed by atoms with E-state index in [0.29, 0.717) is 0 Å². The van der Waals surface area contributed by atoms with Crippen molar-refractivity contribution in [1.29, 1.82) is 0 Å². The number of hydrogen-bond donors (Lipinski definition) is 0. The van der Waals surface area contributed by atoms with Crippen molar-refractivity contribution in [3.63, 3.8) is 0 Å². The van der Waals surface area contributed by atoms with E-state index < -0.39 is 66.0 Å². The summed E-state index contributed by atoms with van der Waals surface area (Å²) < 4.78 is 36.9. The van der Waals surface area contributed by atoms with E-state index in [1.165, 1.54) is 6.92 Å². The highest BCUT2D eigenvalue weighted by Gasteiger charge is 2.52. The SMILES string of the molecule is CC(=O)O[C@@H]1[C@@H](O[C@H]2[C@@H](OCc3ccccc3)[C@H](N=[N+]=[N-])[C@@H](C)O[C@@H]2Br)O[C@H](C)[C@@H](N=[N+]=[N-])[C@@H]1OCc1ccccc1. The molecule has 0 radical (unpaired) electrons. The number of benzene rings is 2. The number of carbonyl (C=O) groups is 1. The number of hydrogen-bond acceptors (Lipinski definition) is 9. The van der Waals surface area contributed by atoms with E-state index in [0.717, 1.165) is 11.1 Å². The Kier molecular flexibility index (Phi) is 11.6. The third-order valence-electron chi connectivity index (χ3n) is 7.04. The van der Waals surface area contributed by atoms with Crippen LogP contribution in [-0.2, 0) is 46.4 Å². The van der Waals surface area contributed by atoms with Crippen LogP contribution in [0, 0.1) is 0 Å². The number of rotatable bonds is 11. The van der Waals surface area contributed by atoms with Crippen molar-refractivity contribution in [2.24, 2.45) is 10.2 Å². The maximum Gasteiger partial charge on any atom is 0.303 e. The van der Waals surface area contributed by atoms with Gasteiger partial charge in [-0.3, -0.25) is 4.79 Å². The highest BCUT2D eigenvalue weighted by molar-refractivity contribution is 9.09. The number of halogens is 1. The van der Waals surface area contributed by atoms with Crippen LogP contribution < -0.4 is 0 Å². The van der Waals surface area contributed by atoms with Gasteiger partial charge >= 0.3 is 5.97 Å². The number of nitrogens with zero attached hydrogens (tertiary/aromatic N) is 6. The lowest BCUT2D eigenvalue weighted by Gasteiger charge is -2.47. The van der Waals surface area contributed by atoms with Crippen molar-refractivity contribution >= 4 is 21.9 Å². The van der Waals surface area contributed by atoms with Gasteiger partial charge in [0.25, 0.3) is 0 Å². The second-order valence-corrected chi connectivity index (χ2v) is 10.9. The monoisotopic (exact) mass is 644 g/mol. The summed E-state index contributed by atoms with van der Waals surface area (Å²) >= 11 is 3.54. The Hall–Kier alpha value is -3.19. The minimum Gasteiger partial charge on any atom is -0.454 e. The van der Waals surface area contributed by atoms with Gasteiger partial charge in [0.15, 0.2) is 12.4 Å². The van der Waals surface area contributed by atoms with Crippen molar-refractivity contribution in [3.05, 3.63) is 92.7 Å². The standard InChI is InChI=1S/C28H33BrN6O7/c1-16-21(32-34-30)23(37-14-19-10-6-4-7-11-19)25(27(29)39-16)42-28-26(41-18(3)36)24(22(33-35-31)17(2)40-28)38-15-20-12-8-5-9-13-20/h4-13,16-17,21-28H,14-15H2,1-3H3/t16-,17-,21-,22-,23+,24+,25+,26+,27+,28-/m1/s1. The lowest BCUT2D eigenvalue weighted by atomic mass is 9.95. The van der Waals surface area contributed by atoms with Gasteiger partial charge in [0.1, 0.15) is 17.2 Å². The predicted molar refractivity (Wildman–Crippen MR) is 154 cm³/mol. The molecule has 14 heteroatoms. The lowest BCUT2D eigenvalue weighted by molar-refractivity contribution is -0.316. The maximum absolute atomic E-state index is 12.3. The largest absolute Gasteiger partial charge is 0.454 e. The molecule has 0 aromatic heterocycles. The molecule has 2 aromatic carbocycles. The Morgan fingerprint density at radius 1 is 0.810 bits per heavy atom. The van der Waals surface area contributed by atoms with E-state index >= 15 is 0 Å². The summed E-state index contributed by atoms with van der Waals surface area (Å²) in [5, 5.41) is 7.16. The molecule has 2 aromatic rings. The predicted octanol–water partition coefficient (Wildman–Crippen LogP) is 5.72. The summed E-state index contributed by atoms with van der Waals surface area (Å²) in [5.41, 5.74) is 20.4. The van der Waals surface area contributed by atoms with Gasteiger partial charge in [-0.05, 0) is 36.0 Å². The minimum absolute atomic E-state index is 0.160. The van der Waals surface area contributed by atoms with Crippen LogP contribution in [0.2, 0.25) is 0 Å². The Balaban J connectivity index is 1.64. The molecule has 0 unspecified atom stereocenters. The average Bonchev–Trinajstić information content (AvgIpc) is 2.97. The van der Waals surface area contributed by atoms with Crippen molar-refractivity contribution in [1.82, 2.24) is 0 Å². The summed E-state index contributed by atoms with van der Waals surface area (Å²) in [7, 11) is 0. The zero-order valence-corrected chi connectivity index (χ0v) is 25.0. The average molecular weight is 646 g/mol. The van der Waals surface area contributed by atoms with Gasteiger partial charge in [0, 0.05) is 16.7 Å². The molecule has 2 saturated heterocycles. The molecule has 224 valence electrons. The van der Waals surface area contributed by atoms with E-state index in [-0.39, 0.29) is 13.2 Å². The lowest BCUT2D eigenvalue weighted by Crippen LogP contribution is -2.63. The van der Waals surface area contributed by atoms with E-state index in [9.17, 15) is 15.9 Å². The van der Waals surface area contributed by atoms with Crippen LogP contribution in [-0.4, -0.2) is 66.0 Å². The molecule has 2 fully saturated rings. The number of esters is 1. The summed E-state index contributed by atoms with van der Waals surface area (Å²) in [6.45, 7) is 5.13. The van der Waals surface area contributed by atoms with Gasteiger partial charge in [0.05, 0.1) is 43.6 Å². The second-order valence-electron chi connectivity index (χ2n) is 9.99. The topological polar surface area (TPSA) is 170 Å². The van der Waals surface area contributed by atoms with Gasteiger partial charge in [-0.25, -0.2) is 0 Å². The molecule has 0 bridgehead atoms. The molecule has 0 saturated carbocycles. The van der Waals surface area contributed by atoms with Crippen molar-refractivity contribution in [3.8, 4) is 0 Å². The van der Waals surface area contributed by atoms with E-state index in [2.05, 4.69) is 36.0 Å². The normalized spacial score (nSPS) is 32.7. The first-order chi connectivity index (χ1) is 20.3. The third kappa shape index (κ3) is 8.00. The van der Waals surface area contributed by atoms with Crippen LogP contribution in [0.4, 0.5) is 0 Å². The molecule has 0 N–H and O–H groups in total. The van der Waals surface area contributed by atoms with E-state index in [1.54, 1.807) is 13.8 Å². The number of carbonyl (C=O) groups excluding carboxylic acids is 1. The molecule has 2 aliphatic rings. The van der Waals surface area contributed by atoms with Crippen LogP contribution in [0.3, 0.4) is 0 Å². The van der Waals surface area contributed by atoms with Crippen molar-refractivity contribution < 1.29 is 33.2 Å². The number of ether oxygens (including phenoxy) is 6. The highest BCUT2D eigenvalue weighted by Crippen LogP contribution is 2.36. The van der Waals surface area contributed by atoms with Gasteiger partial charge in [-0.1, -0.05) is 86.8 Å². The third-order valence-corrected chi connectivity index (χ3v) is 7.77. The first-order valence-corrected chi connectivity index (χ1v) is 14.4. The van der Waals surface area contributed by atoms with Gasteiger partial charge in [-0.15, -0.1) is 0 Å². The molecular formula is C28H33BrN6O7. The zero-order chi connectivity index (χ0) is 30.1. The fourth-order valence-corrected chi connectivity index (χ4v) is 5.80. The summed E-state index contributed by atoms with van der Waals surface area (Å²) in [6, 6.07) is 17.4. The van der Waals surface area contributed by atoms with Gasteiger partial charge < -0.3 is 28.4 Å². The Morgan fingerprint density at radius 2 is 1.29 bits per heavy atom. The molecule has 2 heterocycles. The molecule has 4 rings (SSSR count). The molecular weight excluding hydrogens is 612 g/mol. The fourth-order valence-electron chi connectivity index (χ4n) is 5.04. The molecule has 0 aliphatic carbocycles. The van der Waals surface area contributed by atoms with Gasteiger partial charge in [-0.2, -0.15) is 0 Å². The van der Waals surface area contributed by atoms with Crippen molar-refractivity contribution in [2.75, 3.05) is 0 Å². The number of azide groups is 2. The Morgan fingerprint density at radius 3 is 1.76 bits per heavy atom. The molecule has 2 aliphatic heterocycles. The van der Waals surface area contributed by atoms with Gasteiger partial charge in [0.2, 0.25) is 0 Å². The van der Waals surface area contributed by atoms with Crippen LogP contribution in [0.5, 0.6) is 0 Å². The number of alkyl halides is 1. The van der Waals surface area contributed by atoms with Crippen LogP contribution in [0.1, 0.15) is 31.9 Å². The van der Waals surface area contributed by atoms with E-state index in [1.807, 2.05) is 60.7 Å². The Bertz CT molecular complexity index is 1260. The smallest absolute Gasteiger partial charge is 0.303 e. The maximum atomic E-state index is 12.3. The fraction of sp³-hybridized carbons (Fsp3) is 0.536. The molecule has 0 amide bonds. The zero-order valence-electron chi connectivity index (χ0n) is 23.4. The van der Waals surface area contributed by atoms with Crippen LogP contribution in [0.15, 0.2) is 70.9 Å². The van der Waals surface area contributed by atoms with Crippen LogP contribution in [0.25, 0.3) is 20.9 Å². The summed E-state index contributed by atoms with van der Waals surface area (Å²) in [6.07, 6.45) is -6.03.